The van der Waals surface area contributed by atoms with Gasteiger partial charge in [0.15, 0.2) is 6.10 Å². The van der Waals surface area contributed by atoms with E-state index >= 15 is 0 Å². The van der Waals surface area contributed by atoms with Crippen LogP contribution in [0.1, 0.15) is 26.7 Å². The van der Waals surface area contributed by atoms with Crippen LogP contribution in [0.25, 0.3) is 0 Å². The molecule has 3 nitrogen and oxygen atoms in total. The minimum Gasteiger partial charge on any atom is -0.467 e. The summed E-state index contributed by atoms with van der Waals surface area (Å²) in [7, 11) is 1.41. The molecule has 0 aromatic rings. The van der Waals surface area contributed by atoms with E-state index in [2.05, 4.69) is 18.6 Å². The molecule has 0 radical (unpaired) electrons. The first-order valence-corrected chi connectivity index (χ1v) is 4.85. The fourth-order valence-corrected chi connectivity index (χ4v) is 2.18. The molecule has 0 amide bonds. The number of hydrogen-bond acceptors (Lipinski definition) is 3. The van der Waals surface area contributed by atoms with E-state index in [1.54, 1.807) is 0 Å². The van der Waals surface area contributed by atoms with Crippen molar-refractivity contribution in [3.05, 3.63) is 0 Å². The van der Waals surface area contributed by atoms with Crippen molar-refractivity contribution >= 4 is 5.97 Å². The van der Waals surface area contributed by atoms with Gasteiger partial charge in [0.25, 0.3) is 0 Å². The SMILES string of the molecule is COC(=O)C1OC12CC(C(C)C)C2. The Balaban J connectivity index is 1.84. The van der Waals surface area contributed by atoms with Crippen molar-refractivity contribution in [1.29, 1.82) is 0 Å². The summed E-state index contributed by atoms with van der Waals surface area (Å²) in [5, 5.41) is 0. The van der Waals surface area contributed by atoms with Gasteiger partial charge in [-0.3, -0.25) is 0 Å². The van der Waals surface area contributed by atoms with E-state index in [1.165, 1.54) is 7.11 Å². The van der Waals surface area contributed by atoms with Gasteiger partial charge in [-0.1, -0.05) is 13.8 Å². The van der Waals surface area contributed by atoms with Crippen molar-refractivity contribution in [2.24, 2.45) is 11.8 Å². The maximum absolute atomic E-state index is 11.1. The lowest BCUT2D eigenvalue weighted by atomic mass is 9.67. The van der Waals surface area contributed by atoms with Crippen LogP contribution in [-0.4, -0.2) is 24.8 Å². The Labute approximate surface area is 78.4 Å². The molecule has 2 aliphatic rings. The van der Waals surface area contributed by atoms with Gasteiger partial charge in [0.1, 0.15) is 5.60 Å². The molecule has 2 fully saturated rings. The summed E-state index contributed by atoms with van der Waals surface area (Å²) in [6.07, 6.45) is 1.81. The fourth-order valence-electron chi connectivity index (χ4n) is 2.18. The summed E-state index contributed by atoms with van der Waals surface area (Å²) >= 11 is 0. The topological polar surface area (TPSA) is 38.8 Å². The Morgan fingerprint density at radius 2 is 2.15 bits per heavy atom. The van der Waals surface area contributed by atoms with Crippen LogP contribution < -0.4 is 0 Å². The molecule has 1 unspecified atom stereocenters. The third-order valence-corrected chi connectivity index (χ3v) is 3.35. The highest BCUT2D eigenvalue weighted by Gasteiger charge is 2.68. The number of rotatable bonds is 2. The first-order valence-electron chi connectivity index (χ1n) is 4.85. The van der Waals surface area contributed by atoms with Crippen LogP contribution in [-0.2, 0) is 14.3 Å². The Bertz CT molecular complexity index is 228. The predicted octanol–water partition coefficient (Wildman–Crippen LogP) is 1.36. The third-order valence-electron chi connectivity index (χ3n) is 3.35. The van der Waals surface area contributed by atoms with E-state index in [1.807, 2.05) is 0 Å². The molecule has 1 spiro atoms. The standard InChI is InChI=1S/C10H16O3/c1-6(2)7-4-10(5-7)8(13-10)9(11)12-3/h6-8H,4-5H2,1-3H3. The first kappa shape index (κ1) is 9.00. The number of ether oxygens (including phenoxy) is 2. The highest BCUT2D eigenvalue weighted by atomic mass is 16.7. The molecular weight excluding hydrogens is 168 g/mol. The zero-order valence-electron chi connectivity index (χ0n) is 8.37. The molecule has 0 aromatic carbocycles. The van der Waals surface area contributed by atoms with Gasteiger partial charge in [0.2, 0.25) is 0 Å². The van der Waals surface area contributed by atoms with Gasteiger partial charge in [-0.25, -0.2) is 4.79 Å². The van der Waals surface area contributed by atoms with Crippen LogP contribution in [0.3, 0.4) is 0 Å². The number of esters is 1. The Morgan fingerprint density at radius 3 is 2.62 bits per heavy atom. The summed E-state index contributed by atoms with van der Waals surface area (Å²) in [6, 6.07) is 0. The quantitative estimate of drug-likeness (QED) is 0.480. The van der Waals surface area contributed by atoms with Crippen LogP contribution in [0, 0.1) is 11.8 Å². The normalized spacial score (nSPS) is 41.8. The second-order valence-electron chi connectivity index (χ2n) is 4.50. The third kappa shape index (κ3) is 1.26. The van der Waals surface area contributed by atoms with Gasteiger partial charge in [-0.05, 0) is 24.7 Å². The Kier molecular flexibility index (Phi) is 1.88. The molecule has 0 N–H and O–H groups in total. The fraction of sp³-hybridized carbons (Fsp3) is 0.900. The van der Waals surface area contributed by atoms with E-state index in [-0.39, 0.29) is 17.7 Å². The molecule has 1 heterocycles. The lowest BCUT2D eigenvalue weighted by Gasteiger charge is -2.36. The number of carbonyl (C=O) groups is 1. The van der Waals surface area contributed by atoms with Crippen LogP contribution >= 0.6 is 0 Å². The summed E-state index contributed by atoms with van der Waals surface area (Å²) in [5.41, 5.74) is -0.109. The van der Waals surface area contributed by atoms with Gasteiger partial charge < -0.3 is 9.47 Å². The molecule has 0 aromatic heterocycles. The minimum atomic E-state index is -0.257. The maximum Gasteiger partial charge on any atom is 0.338 e. The number of hydrogen-bond donors (Lipinski definition) is 0. The summed E-state index contributed by atoms with van der Waals surface area (Å²) < 4.78 is 10.0. The zero-order valence-corrected chi connectivity index (χ0v) is 8.37. The average molecular weight is 184 g/mol. The van der Waals surface area contributed by atoms with Gasteiger partial charge in [0.05, 0.1) is 7.11 Å². The summed E-state index contributed by atoms with van der Waals surface area (Å²) in [6.45, 7) is 4.43. The van der Waals surface area contributed by atoms with Crippen LogP contribution in [0.5, 0.6) is 0 Å². The summed E-state index contributed by atoms with van der Waals surface area (Å²) in [4.78, 5) is 11.1. The lowest BCUT2D eigenvalue weighted by Crippen LogP contribution is -2.39. The second kappa shape index (κ2) is 2.71. The molecular formula is C10H16O3. The smallest absolute Gasteiger partial charge is 0.338 e. The zero-order chi connectivity index (χ0) is 9.64. The predicted molar refractivity (Wildman–Crippen MR) is 47.2 cm³/mol. The van der Waals surface area contributed by atoms with Crippen molar-refractivity contribution in [1.82, 2.24) is 0 Å². The molecule has 13 heavy (non-hydrogen) atoms. The highest BCUT2D eigenvalue weighted by molar-refractivity contribution is 5.79. The van der Waals surface area contributed by atoms with E-state index < -0.39 is 0 Å². The lowest BCUT2D eigenvalue weighted by molar-refractivity contribution is -0.142. The maximum atomic E-state index is 11.1. The van der Waals surface area contributed by atoms with E-state index in [4.69, 9.17) is 4.74 Å². The van der Waals surface area contributed by atoms with Gasteiger partial charge >= 0.3 is 5.97 Å². The van der Waals surface area contributed by atoms with Gasteiger partial charge in [-0.2, -0.15) is 0 Å². The van der Waals surface area contributed by atoms with E-state index in [9.17, 15) is 4.79 Å². The Hall–Kier alpha value is -0.570. The van der Waals surface area contributed by atoms with Crippen molar-refractivity contribution in [2.45, 2.75) is 38.4 Å². The second-order valence-corrected chi connectivity index (χ2v) is 4.50. The first-order chi connectivity index (χ1) is 6.09. The van der Waals surface area contributed by atoms with Crippen LogP contribution in [0.4, 0.5) is 0 Å². The largest absolute Gasteiger partial charge is 0.467 e. The molecule has 2 rings (SSSR count). The molecule has 1 aliphatic heterocycles. The van der Waals surface area contributed by atoms with Crippen molar-refractivity contribution in [3.8, 4) is 0 Å². The monoisotopic (exact) mass is 184 g/mol. The molecule has 0 bridgehead atoms. The molecule has 74 valence electrons. The molecule has 1 saturated carbocycles. The molecule has 1 saturated heterocycles. The molecule has 1 atom stereocenters. The van der Waals surface area contributed by atoms with Gasteiger partial charge in [-0.15, -0.1) is 0 Å². The molecule has 1 aliphatic carbocycles. The number of methoxy groups -OCH3 is 1. The number of epoxide rings is 1. The van der Waals surface area contributed by atoms with E-state index in [0.29, 0.717) is 5.92 Å². The van der Waals surface area contributed by atoms with E-state index in [0.717, 1.165) is 18.8 Å². The van der Waals surface area contributed by atoms with Crippen LogP contribution in [0.15, 0.2) is 0 Å². The summed E-state index contributed by atoms with van der Waals surface area (Å²) in [5.74, 6) is 1.23. The number of carbonyl (C=O) groups excluding carboxylic acids is 1. The van der Waals surface area contributed by atoms with Crippen molar-refractivity contribution < 1.29 is 14.3 Å². The average Bonchev–Trinajstić information content (AvgIpc) is 2.74. The highest BCUT2D eigenvalue weighted by Crippen LogP contribution is 2.57. The van der Waals surface area contributed by atoms with Crippen molar-refractivity contribution in [2.75, 3.05) is 7.11 Å². The van der Waals surface area contributed by atoms with Gasteiger partial charge in [0, 0.05) is 0 Å². The molecule has 3 heteroatoms. The van der Waals surface area contributed by atoms with Crippen LogP contribution in [0.2, 0.25) is 0 Å². The Morgan fingerprint density at radius 1 is 1.54 bits per heavy atom. The van der Waals surface area contributed by atoms with Crippen molar-refractivity contribution in [3.63, 3.8) is 0 Å². The minimum absolute atomic E-state index is 0.109.